The van der Waals surface area contributed by atoms with E-state index in [1.54, 1.807) is 65.5 Å². The number of nitrogens with two attached hydrogens (primary N) is 1. The molecule has 0 aliphatic heterocycles. The second-order valence-corrected chi connectivity index (χ2v) is 9.86. The maximum absolute atomic E-state index is 13.2. The number of nitrogens with zero attached hydrogens (tertiary/aromatic N) is 3. The molecule has 2 unspecified atom stereocenters. The first-order valence-electron chi connectivity index (χ1n) is 12.4. The molecule has 3 rings (SSSR count). The van der Waals surface area contributed by atoms with Crippen LogP contribution in [0.5, 0.6) is 5.75 Å². The topological polar surface area (TPSA) is 141 Å². The Hall–Kier alpha value is -4.22. The quantitative estimate of drug-likeness (QED) is 0.321. The lowest BCUT2D eigenvalue weighted by atomic mass is 10.1. The standard InChI is InChI=1S/C28H36N6O5/c1-28(2,29)27(37)32-23(18-39-17-19-9-7-6-8-10-19)25(35)31-21-15-30-34(16-21)24(26(36)33(3)4)20-11-13-22(38-5)14-12-20/h6-16,23-24H,17-18,29H2,1-5H3,(H,31,35)(H,32,37). The summed E-state index contributed by atoms with van der Waals surface area (Å²) < 4.78 is 12.4. The molecule has 0 saturated heterocycles. The lowest BCUT2D eigenvalue weighted by molar-refractivity contribution is -0.131. The summed E-state index contributed by atoms with van der Waals surface area (Å²) in [6.45, 7) is 3.28. The maximum atomic E-state index is 13.2. The van der Waals surface area contributed by atoms with Crippen molar-refractivity contribution in [2.45, 2.75) is 38.1 Å². The Morgan fingerprint density at radius 2 is 1.74 bits per heavy atom. The Kier molecular flexibility index (Phi) is 9.80. The number of hydrogen-bond donors (Lipinski definition) is 3. The summed E-state index contributed by atoms with van der Waals surface area (Å²) in [5, 5.41) is 9.76. The molecule has 39 heavy (non-hydrogen) atoms. The Morgan fingerprint density at radius 1 is 1.08 bits per heavy atom. The van der Waals surface area contributed by atoms with Gasteiger partial charge < -0.3 is 30.7 Å². The molecule has 0 fully saturated rings. The number of likely N-dealkylation sites (N-methyl/N-ethyl adjacent to an activating group) is 1. The van der Waals surface area contributed by atoms with E-state index < -0.39 is 29.4 Å². The van der Waals surface area contributed by atoms with Crippen molar-refractivity contribution in [1.82, 2.24) is 20.0 Å². The molecule has 208 valence electrons. The molecule has 1 aromatic heterocycles. The highest BCUT2D eigenvalue weighted by Crippen LogP contribution is 2.24. The Labute approximate surface area is 228 Å². The predicted octanol–water partition coefficient (Wildman–Crippen LogP) is 1.95. The Morgan fingerprint density at radius 3 is 2.33 bits per heavy atom. The summed E-state index contributed by atoms with van der Waals surface area (Å²) in [7, 11) is 4.89. The fraction of sp³-hybridized carbons (Fsp3) is 0.357. The molecular formula is C28H36N6O5. The van der Waals surface area contributed by atoms with E-state index in [2.05, 4.69) is 15.7 Å². The van der Waals surface area contributed by atoms with Crippen LogP contribution in [-0.4, -0.2) is 71.8 Å². The molecule has 2 atom stereocenters. The van der Waals surface area contributed by atoms with Gasteiger partial charge in [0.15, 0.2) is 6.04 Å². The third kappa shape index (κ3) is 8.13. The number of hydrogen-bond acceptors (Lipinski definition) is 7. The first kappa shape index (κ1) is 29.3. The fourth-order valence-corrected chi connectivity index (χ4v) is 3.61. The van der Waals surface area contributed by atoms with E-state index in [-0.39, 0.29) is 19.1 Å². The van der Waals surface area contributed by atoms with Gasteiger partial charge in [0.2, 0.25) is 11.8 Å². The van der Waals surface area contributed by atoms with Gasteiger partial charge >= 0.3 is 0 Å². The first-order valence-corrected chi connectivity index (χ1v) is 12.4. The summed E-state index contributed by atoms with van der Waals surface area (Å²) in [5.74, 6) is -0.560. The Balaban J connectivity index is 1.77. The van der Waals surface area contributed by atoms with Crippen LogP contribution in [0.25, 0.3) is 0 Å². The van der Waals surface area contributed by atoms with Crippen LogP contribution in [0.1, 0.15) is 31.0 Å². The van der Waals surface area contributed by atoms with Crippen molar-refractivity contribution in [2.75, 3.05) is 33.1 Å². The summed E-state index contributed by atoms with van der Waals surface area (Å²) in [4.78, 5) is 40.3. The van der Waals surface area contributed by atoms with E-state index in [0.29, 0.717) is 17.0 Å². The number of aromatic nitrogens is 2. The molecular weight excluding hydrogens is 500 g/mol. The number of rotatable bonds is 12. The van der Waals surface area contributed by atoms with Crippen LogP contribution in [0.4, 0.5) is 5.69 Å². The average Bonchev–Trinajstić information content (AvgIpc) is 3.36. The van der Waals surface area contributed by atoms with E-state index in [9.17, 15) is 14.4 Å². The number of carbonyl (C=O) groups is 3. The van der Waals surface area contributed by atoms with Crippen LogP contribution in [0, 0.1) is 0 Å². The van der Waals surface area contributed by atoms with Crippen molar-refractivity contribution < 1.29 is 23.9 Å². The second-order valence-electron chi connectivity index (χ2n) is 9.86. The van der Waals surface area contributed by atoms with Crippen LogP contribution < -0.4 is 21.1 Å². The van der Waals surface area contributed by atoms with Gasteiger partial charge in [0, 0.05) is 20.3 Å². The molecule has 0 saturated carbocycles. The number of amides is 3. The largest absolute Gasteiger partial charge is 0.497 e. The predicted molar refractivity (Wildman–Crippen MR) is 147 cm³/mol. The smallest absolute Gasteiger partial charge is 0.251 e. The molecule has 11 heteroatoms. The molecule has 11 nitrogen and oxygen atoms in total. The summed E-state index contributed by atoms with van der Waals surface area (Å²) in [6, 6.07) is 14.8. The van der Waals surface area contributed by atoms with Crippen LogP contribution in [0.3, 0.4) is 0 Å². The zero-order valence-electron chi connectivity index (χ0n) is 22.9. The van der Waals surface area contributed by atoms with Gasteiger partial charge in [-0.15, -0.1) is 0 Å². The molecule has 0 aliphatic rings. The number of anilines is 1. The highest BCUT2D eigenvalue weighted by Gasteiger charge is 2.29. The number of carbonyl (C=O) groups excluding carboxylic acids is 3. The highest BCUT2D eigenvalue weighted by molar-refractivity contribution is 5.98. The van der Waals surface area contributed by atoms with Crippen molar-refractivity contribution in [1.29, 1.82) is 0 Å². The molecule has 3 aromatic rings. The SMILES string of the molecule is COc1ccc(C(C(=O)N(C)C)n2cc(NC(=O)C(COCc3ccccc3)NC(=O)C(C)(C)N)cn2)cc1. The second kappa shape index (κ2) is 13.0. The molecule has 0 radical (unpaired) electrons. The number of nitrogens with one attached hydrogen (secondary N) is 2. The number of ether oxygens (including phenoxy) is 2. The molecule has 4 N–H and O–H groups in total. The van der Waals surface area contributed by atoms with E-state index in [1.165, 1.54) is 15.8 Å². The van der Waals surface area contributed by atoms with Crippen molar-refractivity contribution in [3.63, 3.8) is 0 Å². The minimum Gasteiger partial charge on any atom is -0.497 e. The number of benzene rings is 2. The average molecular weight is 537 g/mol. The maximum Gasteiger partial charge on any atom is 0.251 e. The van der Waals surface area contributed by atoms with Crippen LogP contribution in [0.15, 0.2) is 67.0 Å². The van der Waals surface area contributed by atoms with Gasteiger partial charge in [0.25, 0.3) is 5.91 Å². The molecule has 1 heterocycles. The fourth-order valence-electron chi connectivity index (χ4n) is 3.61. The van der Waals surface area contributed by atoms with Crippen molar-refractivity contribution >= 4 is 23.4 Å². The van der Waals surface area contributed by atoms with E-state index in [1.807, 2.05) is 30.3 Å². The van der Waals surface area contributed by atoms with Crippen LogP contribution in [-0.2, 0) is 25.7 Å². The van der Waals surface area contributed by atoms with Gasteiger partial charge in [-0.3, -0.25) is 19.1 Å². The first-order chi connectivity index (χ1) is 18.5. The van der Waals surface area contributed by atoms with Crippen LogP contribution >= 0.6 is 0 Å². The van der Waals surface area contributed by atoms with E-state index >= 15 is 0 Å². The molecule has 2 aromatic carbocycles. The van der Waals surface area contributed by atoms with Gasteiger partial charge in [-0.2, -0.15) is 5.10 Å². The zero-order valence-corrected chi connectivity index (χ0v) is 22.9. The molecule has 0 bridgehead atoms. The van der Waals surface area contributed by atoms with Crippen molar-refractivity contribution in [3.8, 4) is 5.75 Å². The summed E-state index contributed by atoms with van der Waals surface area (Å²) >= 11 is 0. The van der Waals surface area contributed by atoms with Gasteiger partial charge in [0.1, 0.15) is 11.8 Å². The van der Waals surface area contributed by atoms with E-state index in [4.69, 9.17) is 15.2 Å². The minimum absolute atomic E-state index is 0.0791. The van der Waals surface area contributed by atoms with Gasteiger partial charge in [-0.1, -0.05) is 42.5 Å². The van der Waals surface area contributed by atoms with Gasteiger partial charge in [0.05, 0.1) is 37.7 Å². The van der Waals surface area contributed by atoms with E-state index in [0.717, 1.165) is 5.56 Å². The zero-order chi connectivity index (χ0) is 28.6. The third-order valence-electron chi connectivity index (χ3n) is 5.84. The van der Waals surface area contributed by atoms with Gasteiger partial charge in [-0.05, 0) is 37.1 Å². The lowest BCUT2D eigenvalue weighted by Gasteiger charge is -2.23. The molecule has 3 amide bonds. The lowest BCUT2D eigenvalue weighted by Crippen LogP contribution is -2.56. The summed E-state index contributed by atoms with van der Waals surface area (Å²) in [6.07, 6.45) is 3.00. The molecule has 0 spiro atoms. The third-order valence-corrected chi connectivity index (χ3v) is 5.84. The number of methoxy groups -OCH3 is 1. The Bertz CT molecular complexity index is 1250. The highest BCUT2D eigenvalue weighted by atomic mass is 16.5. The normalized spacial score (nSPS) is 12.8. The van der Waals surface area contributed by atoms with Gasteiger partial charge in [-0.25, -0.2) is 0 Å². The van der Waals surface area contributed by atoms with Crippen LogP contribution in [0.2, 0.25) is 0 Å². The van der Waals surface area contributed by atoms with Crippen molar-refractivity contribution in [2.24, 2.45) is 5.73 Å². The molecule has 0 aliphatic carbocycles. The summed E-state index contributed by atoms with van der Waals surface area (Å²) in [5.41, 5.74) is 6.70. The minimum atomic E-state index is -1.19. The monoisotopic (exact) mass is 536 g/mol. The van der Waals surface area contributed by atoms with Crippen molar-refractivity contribution in [3.05, 3.63) is 78.1 Å².